The number of imidazole rings is 1. The Labute approximate surface area is 386 Å². The minimum absolute atomic E-state index is 0.00521. The highest BCUT2D eigenvalue weighted by molar-refractivity contribution is 5.99. The Hall–Kier alpha value is -6.25. The molecule has 1 aromatic rings. The lowest BCUT2D eigenvalue weighted by Crippen LogP contribution is -2.62. The van der Waals surface area contributed by atoms with E-state index in [-0.39, 0.29) is 38.1 Å². The van der Waals surface area contributed by atoms with Crippen LogP contribution in [0.4, 0.5) is 0 Å². The van der Waals surface area contributed by atoms with Gasteiger partial charge in [-0.25, -0.2) is 4.98 Å². The summed E-state index contributed by atoms with van der Waals surface area (Å²) in [6.07, 6.45) is -0.855. The lowest BCUT2D eigenvalue weighted by molar-refractivity contribution is -0.146. The molecule has 0 bridgehead atoms. The van der Waals surface area contributed by atoms with E-state index in [2.05, 4.69) is 47.2 Å². The molecular formula is C41H67N11O15. The SMILES string of the molecule is CC[C@H](C)[C@H](NC(=O)[C@H](Cc1cnc[nH]1)NC(=O)[C@H](CO)NC(=O)[C@@H]1CCCN1C(=O)[C@H](CC(=O)O)NC(=O)[C@@H](NC(=O)[C@@H](N)CC(C)C)[C@@H](C)O)C(=O)N[C@H](C(=O)N[C@@H](C)C(=O)O)[C@@H](C)O. The smallest absolute Gasteiger partial charge is 0.325 e. The summed E-state index contributed by atoms with van der Waals surface area (Å²) < 4.78 is 0. The molecule has 8 amide bonds. The van der Waals surface area contributed by atoms with E-state index in [9.17, 15) is 73.5 Å². The summed E-state index contributed by atoms with van der Waals surface area (Å²) in [5.74, 6) is -11.4. The van der Waals surface area contributed by atoms with Crippen LogP contribution in [-0.2, 0) is 54.4 Å². The second-order valence-corrected chi connectivity index (χ2v) is 17.1. The lowest BCUT2D eigenvalue weighted by Gasteiger charge is -2.31. The first-order valence-corrected chi connectivity index (χ1v) is 21.9. The third-order valence-corrected chi connectivity index (χ3v) is 11.0. The highest BCUT2D eigenvalue weighted by atomic mass is 16.4. The van der Waals surface area contributed by atoms with Gasteiger partial charge in [0.1, 0.15) is 48.3 Å². The van der Waals surface area contributed by atoms with E-state index in [1.807, 2.05) is 13.8 Å². The number of nitrogens with two attached hydrogens (primary N) is 1. The first kappa shape index (κ1) is 56.9. The van der Waals surface area contributed by atoms with Gasteiger partial charge in [0.2, 0.25) is 47.3 Å². The molecule has 376 valence electrons. The van der Waals surface area contributed by atoms with Crippen molar-refractivity contribution in [3.63, 3.8) is 0 Å². The molecule has 0 spiro atoms. The van der Waals surface area contributed by atoms with Crippen molar-refractivity contribution in [2.45, 2.75) is 154 Å². The van der Waals surface area contributed by atoms with Gasteiger partial charge in [0.05, 0.1) is 37.6 Å². The Bertz CT molecular complexity index is 1900. The number of nitrogens with one attached hydrogen (secondary N) is 8. The van der Waals surface area contributed by atoms with Crippen LogP contribution in [0.1, 0.15) is 86.3 Å². The van der Waals surface area contributed by atoms with Gasteiger partial charge in [-0.1, -0.05) is 34.1 Å². The summed E-state index contributed by atoms with van der Waals surface area (Å²) in [5, 5.41) is 66.2. The van der Waals surface area contributed by atoms with Crippen molar-refractivity contribution in [2.75, 3.05) is 13.2 Å². The third kappa shape index (κ3) is 17.5. The van der Waals surface area contributed by atoms with Crippen LogP contribution in [0.3, 0.4) is 0 Å². The fourth-order valence-corrected chi connectivity index (χ4v) is 6.95. The molecule has 12 atom stereocenters. The van der Waals surface area contributed by atoms with Gasteiger partial charge in [-0.2, -0.15) is 0 Å². The maximum absolute atomic E-state index is 14.0. The highest BCUT2D eigenvalue weighted by Gasteiger charge is 2.41. The molecule has 0 radical (unpaired) electrons. The quantitative estimate of drug-likeness (QED) is 0.0393. The molecule has 0 saturated carbocycles. The van der Waals surface area contributed by atoms with Crippen molar-refractivity contribution in [3.8, 4) is 0 Å². The molecule has 2 rings (SSSR count). The van der Waals surface area contributed by atoms with E-state index in [0.717, 1.165) is 4.90 Å². The number of hydrogen-bond donors (Lipinski definition) is 14. The van der Waals surface area contributed by atoms with E-state index in [1.54, 1.807) is 13.8 Å². The molecule has 15 N–H and O–H groups in total. The predicted molar refractivity (Wildman–Crippen MR) is 233 cm³/mol. The summed E-state index contributed by atoms with van der Waals surface area (Å²) >= 11 is 0. The third-order valence-electron chi connectivity index (χ3n) is 11.0. The molecule has 67 heavy (non-hydrogen) atoms. The maximum Gasteiger partial charge on any atom is 0.325 e. The van der Waals surface area contributed by atoms with Crippen LogP contribution in [-0.4, -0.2) is 179 Å². The fourth-order valence-electron chi connectivity index (χ4n) is 6.95. The molecule has 1 fully saturated rings. The summed E-state index contributed by atoms with van der Waals surface area (Å²) in [4.78, 5) is 139. The Morgan fingerprint density at radius 3 is 1.79 bits per heavy atom. The van der Waals surface area contributed by atoms with Crippen molar-refractivity contribution in [1.29, 1.82) is 0 Å². The molecule has 0 unspecified atom stereocenters. The van der Waals surface area contributed by atoms with E-state index in [4.69, 9.17) is 5.73 Å². The highest BCUT2D eigenvalue weighted by Crippen LogP contribution is 2.20. The van der Waals surface area contributed by atoms with Gasteiger partial charge < -0.3 is 78.4 Å². The molecule has 1 aromatic heterocycles. The maximum atomic E-state index is 14.0. The molecule has 26 heteroatoms. The summed E-state index contributed by atoms with van der Waals surface area (Å²) in [6.45, 7) is 9.35. The number of rotatable bonds is 27. The second kappa shape index (κ2) is 26.8. The number of aliphatic hydroxyl groups is 3. The fraction of sp³-hybridized carbons (Fsp3) is 0.683. The zero-order valence-corrected chi connectivity index (χ0v) is 38.6. The van der Waals surface area contributed by atoms with Gasteiger partial charge >= 0.3 is 11.9 Å². The van der Waals surface area contributed by atoms with Crippen LogP contribution < -0.4 is 43.0 Å². The van der Waals surface area contributed by atoms with Crippen LogP contribution >= 0.6 is 0 Å². The zero-order chi connectivity index (χ0) is 50.9. The van der Waals surface area contributed by atoms with Crippen molar-refractivity contribution < 1.29 is 73.5 Å². The zero-order valence-electron chi connectivity index (χ0n) is 38.6. The number of nitrogens with zero attached hydrogens (tertiary/aromatic N) is 2. The number of carbonyl (C=O) groups is 10. The minimum atomic E-state index is -1.79. The molecule has 2 heterocycles. The van der Waals surface area contributed by atoms with E-state index in [1.165, 1.54) is 33.3 Å². The van der Waals surface area contributed by atoms with Gasteiger partial charge in [0.25, 0.3) is 0 Å². The average Bonchev–Trinajstić information content (AvgIpc) is 3.96. The Kier molecular flexibility index (Phi) is 22.7. The number of H-pyrrole nitrogens is 1. The van der Waals surface area contributed by atoms with Crippen LogP contribution in [0.5, 0.6) is 0 Å². The number of aromatic amines is 1. The molecule has 0 aromatic carbocycles. The number of carbonyl (C=O) groups excluding carboxylic acids is 8. The Morgan fingerprint density at radius 1 is 0.746 bits per heavy atom. The van der Waals surface area contributed by atoms with Gasteiger partial charge in [-0.05, 0) is 51.9 Å². The predicted octanol–water partition coefficient (Wildman–Crippen LogP) is -4.91. The van der Waals surface area contributed by atoms with Crippen molar-refractivity contribution >= 4 is 59.2 Å². The monoisotopic (exact) mass is 953 g/mol. The largest absolute Gasteiger partial charge is 0.481 e. The van der Waals surface area contributed by atoms with E-state index < -0.39 is 145 Å². The molecule has 26 nitrogen and oxygen atoms in total. The summed E-state index contributed by atoms with van der Waals surface area (Å²) in [5.41, 5.74) is 6.24. The molecule has 1 aliphatic rings. The minimum Gasteiger partial charge on any atom is -0.481 e. The molecular weight excluding hydrogens is 887 g/mol. The number of hydrogen-bond acceptors (Lipinski definition) is 15. The first-order chi connectivity index (χ1) is 31.3. The van der Waals surface area contributed by atoms with Crippen molar-refractivity contribution in [1.82, 2.24) is 52.1 Å². The second-order valence-electron chi connectivity index (χ2n) is 17.1. The topological polar surface area (TPSA) is 414 Å². The Balaban J connectivity index is 2.31. The number of likely N-dealkylation sites (tertiary alicyclic amines) is 1. The number of amides is 8. The van der Waals surface area contributed by atoms with Crippen LogP contribution in [0.2, 0.25) is 0 Å². The average molecular weight is 954 g/mol. The first-order valence-electron chi connectivity index (χ1n) is 21.9. The van der Waals surface area contributed by atoms with Gasteiger partial charge in [0.15, 0.2) is 0 Å². The lowest BCUT2D eigenvalue weighted by atomic mass is 9.96. The van der Waals surface area contributed by atoms with Gasteiger partial charge in [-0.3, -0.25) is 47.9 Å². The number of aliphatic carboxylic acids is 2. The van der Waals surface area contributed by atoms with Crippen molar-refractivity contribution in [3.05, 3.63) is 18.2 Å². The van der Waals surface area contributed by atoms with Crippen LogP contribution in [0, 0.1) is 11.8 Å². The number of aromatic nitrogens is 2. The number of carboxylic acids is 2. The van der Waals surface area contributed by atoms with Crippen LogP contribution in [0.25, 0.3) is 0 Å². The van der Waals surface area contributed by atoms with Gasteiger partial charge in [0, 0.05) is 24.9 Å². The Morgan fingerprint density at radius 2 is 1.28 bits per heavy atom. The summed E-state index contributed by atoms with van der Waals surface area (Å²) in [7, 11) is 0. The number of carboxylic acid groups (broad SMARTS) is 2. The number of aliphatic hydroxyl groups excluding tert-OH is 3. The normalized spacial score (nSPS) is 18.5. The molecule has 1 saturated heterocycles. The van der Waals surface area contributed by atoms with E-state index in [0.29, 0.717) is 12.1 Å². The van der Waals surface area contributed by atoms with Crippen molar-refractivity contribution in [2.24, 2.45) is 17.6 Å². The van der Waals surface area contributed by atoms with E-state index >= 15 is 0 Å². The van der Waals surface area contributed by atoms with Gasteiger partial charge in [-0.15, -0.1) is 0 Å². The standard InChI is InChI=1S/C41H67N11O15/c1-8-19(4)30(37(62)51-31(21(6)54)38(63)45-20(5)41(66)67)49-34(59)25(13-23-15-43-17-44-23)46-35(60)27(16-53)48-36(61)28-10-9-11-52(28)40(65)26(14-29(56)57)47-39(64)32(22(7)55)50-33(58)24(42)12-18(2)3/h15,17-22,24-28,30-32,53-55H,8-14,16,42H2,1-7H3,(H,43,44)(H,45,63)(H,46,60)(H,47,64)(H,48,61)(H,49,59)(H,50,58)(H,51,62)(H,56,57)(H,66,67)/t19-,20-,21+,22+,24-,25-,26-,27-,28-,30-,31-,32-/m0/s1. The molecule has 1 aliphatic heterocycles. The van der Waals surface area contributed by atoms with Crippen LogP contribution in [0.15, 0.2) is 12.5 Å². The molecule has 0 aliphatic carbocycles. The summed E-state index contributed by atoms with van der Waals surface area (Å²) in [6, 6.07) is -13.5.